The number of hydrogen-bond donors (Lipinski definition) is 4. The van der Waals surface area contributed by atoms with E-state index in [-0.39, 0.29) is 11.6 Å². The fourth-order valence-electron chi connectivity index (χ4n) is 4.45. The Morgan fingerprint density at radius 1 is 0.909 bits per heavy atom. The monoisotopic (exact) mass is 638 g/mol. The van der Waals surface area contributed by atoms with Crippen LogP contribution in [0.2, 0.25) is 0 Å². The summed E-state index contributed by atoms with van der Waals surface area (Å²) in [7, 11) is 0. The smallest absolute Gasteiger partial charge is 0.351 e. The number of nitrogen functional groups attached to an aromatic ring is 2. The fraction of sp³-hybridized carbons (Fsp3) is 0.583. The van der Waals surface area contributed by atoms with Crippen molar-refractivity contribution in [3.05, 3.63) is 45.5 Å². The Kier molecular flexibility index (Phi) is 10.0. The van der Waals surface area contributed by atoms with Gasteiger partial charge in [0.15, 0.2) is 12.2 Å². The van der Waals surface area contributed by atoms with Crippen molar-refractivity contribution in [3.63, 3.8) is 0 Å². The first-order chi connectivity index (χ1) is 20.3. The molecule has 0 aromatic carbocycles. The summed E-state index contributed by atoms with van der Waals surface area (Å²) in [6, 6.07) is 2.30. The molecule has 0 saturated carbocycles. The molecule has 0 bridgehead atoms. The first-order valence-corrected chi connectivity index (χ1v) is 12.7. The van der Waals surface area contributed by atoms with Crippen LogP contribution in [0.5, 0.6) is 0 Å². The van der Waals surface area contributed by atoms with Crippen LogP contribution in [0.3, 0.4) is 0 Å². The lowest BCUT2D eigenvalue weighted by Gasteiger charge is -2.25. The summed E-state index contributed by atoms with van der Waals surface area (Å²) in [6.45, 7) is 4.56. The van der Waals surface area contributed by atoms with Gasteiger partial charge in [0.05, 0.1) is 6.10 Å². The van der Waals surface area contributed by atoms with Crippen LogP contribution >= 0.6 is 0 Å². The van der Waals surface area contributed by atoms with E-state index >= 15 is 0 Å². The molecule has 244 valence electrons. The maximum atomic E-state index is 14.8. The maximum absolute atomic E-state index is 14.8. The van der Waals surface area contributed by atoms with Crippen LogP contribution in [0.25, 0.3) is 0 Å². The van der Waals surface area contributed by atoms with Crippen molar-refractivity contribution in [2.75, 3.05) is 11.5 Å². The molecule has 0 aliphatic carbocycles. The summed E-state index contributed by atoms with van der Waals surface area (Å²) in [6.07, 6.45) is -11.9. The van der Waals surface area contributed by atoms with Crippen molar-refractivity contribution in [2.45, 2.75) is 88.6 Å². The fourth-order valence-corrected chi connectivity index (χ4v) is 4.45. The van der Waals surface area contributed by atoms with Crippen LogP contribution in [0.15, 0.2) is 34.1 Å². The minimum Gasteiger partial charge on any atom is -0.460 e. The SMILES string of the molecule is CC(=O)OC(C)[C@H]1O[C@@H](n2ccc(N)nc2=O)C(F)(F)[C@@H]1OC(C)=O.CC(O)[C@H]1O[C@@H](n2ccc(N)nc2=O)C(F)(F)[C@@H]1O. The van der Waals surface area contributed by atoms with Gasteiger partial charge in [-0.1, -0.05) is 0 Å². The molecule has 20 heteroatoms. The second-order valence-corrected chi connectivity index (χ2v) is 9.87. The summed E-state index contributed by atoms with van der Waals surface area (Å²) in [5, 5.41) is 18.8. The normalized spacial score (nSPS) is 28.3. The first-order valence-electron chi connectivity index (χ1n) is 12.7. The highest BCUT2D eigenvalue weighted by molar-refractivity contribution is 5.67. The minimum absolute atomic E-state index is 0.116. The van der Waals surface area contributed by atoms with E-state index in [9.17, 15) is 47.0 Å². The molecular weight excluding hydrogens is 608 g/mol. The van der Waals surface area contributed by atoms with Crippen molar-refractivity contribution in [1.29, 1.82) is 0 Å². The van der Waals surface area contributed by atoms with Crippen molar-refractivity contribution in [2.24, 2.45) is 0 Å². The van der Waals surface area contributed by atoms with Crippen molar-refractivity contribution >= 4 is 23.6 Å². The second kappa shape index (κ2) is 12.8. The summed E-state index contributed by atoms with van der Waals surface area (Å²) < 4.78 is 78.1. The highest BCUT2D eigenvalue weighted by atomic mass is 19.3. The van der Waals surface area contributed by atoms with Gasteiger partial charge in [0, 0.05) is 26.2 Å². The molecule has 2 unspecified atom stereocenters. The number of aliphatic hydroxyl groups excluding tert-OH is 2. The molecule has 4 heterocycles. The van der Waals surface area contributed by atoms with Gasteiger partial charge in [0.25, 0.3) is 0 Å². The van der Waals surface area contributed by atoms with Gasteiger partial charge >= 0.3 is 35.2 Å². The molecule has 44 heavy (non-hydrogen) atoms. The van der Waals surface area contributed by atoms with Crippen molar-refractivity contribution < 1.29 is 56.3 Å². The van der Waals surface area contributed by atoms with Gasteiger partial charge in [0.2, 0.25) is 12.5 Å². The molecule has 0 spiro atoms. The number of nitrogens with two attached hydrogens (primary N) is 2. The first kappa shape index (κ1) is 34.4. The number of carbonyl (C=O) groups excluding carboxylic acids is 2. The van der Waals surface area contributed by atoms with Crippen LogP contribution in [-0.2, 0) is 28.5 Å². The zero-order valence-corrected chi connectivity index (χ0v) is 23.5. The Labute approximate surface area is 245 Å². The average Bonchev–Trinajstić information content (AvgIpc) is 3.28. The lowest BCUT2D eigenvalue weighted by Crippen LogP contribution is -2.46. The molecule has 2 aromatic rings. The molecular formula is C24H30F4N6O10. The van der Waals surface area contributed by atoms with E-state index in [4.69, 9.17) is 30.4 Å². The van der Waals surface area contributed by atoms with Crippen LogP contribution in [0, 0.1) is 0 Å². The lowest BCUT2D eigenvalue weighted by molar-refractivity contribution is -0.176. The van der Waals surface area contributed by atoms with Gasteiger partial charge in [-0.3, -0.25) is 18.7 Å². The predicted molar refractivity (Wildman–Crippen MR) is 138 cm³/mol. The maximum Gasteiger partial charge on any atom is 0.351 e. The summed E-state index contributed by atoms with van der Waals surface area (Å²) in [5.41, 5.74) is 8.50. The van der Waals surface area contributed by atoms with Gasteiger partial charge in [-0.2, -0.15) is 27.5 Å². The standard InChI is InChI=1S/C14H17F2N3O6.C10H13F2N3O4/c1-6(23-7(2)20)10-11(24-8(3)21)14(15,16)12(25-10)19-5-4-9(17)18-13(19)22;1-4(16)6-7(17)10(11,12)8(19-6)15-3-2-5(13)14-9(15)18/h4-6,10-12H,1-3H3,(H2,17,18,22);2-4,6-8,16-17H,1H3,(H2,13,14,18)/t6?,10-,11-,12-;4?,6-,7-,8-/m11/s1. The van der Waals surface area contributed by atoms with Gasteiger partial charge in [-0.15, -0.1) is 0 Å². The number of rotatable bonds is 6. The van der Waals surface area contributed by atoms with E-state index in [0.717, 1.165) is 38.4 Å². The Morgan fingerprint density at radius 3 is 1.75 bits per heavy atom. The molecule has 2 aliphatic heterocycles. The average molecular weight is 639 g/mol. The topological polar surface area (TPSA) is 233 Å². The van der Waals surface area contributed by atoms with Gasteiger partial charge in [0.1, 0.15) is 29.9 Å². The lowest BCUT2D eigenvalue weighted by atomic mass is 10.1. The third-order valence-corrected chi connectivity index (χ3v) is 6.41. The van der Waals surface area contributed by atoms with E-state index in [1.165, 1.54) is 13.8 Å². The molecule has 2 aliphatic rings. The van der Waals surface area contributed by atoms with E-state index in [1.54, 1.807) is 0 Å². The molecule has 4 rings (SSSR count). The molecule has 0 radical (unpaired) electrons. The zero-order valence-electron chi connectivity index (χ0n) is 23.5. The molecule has 0 amide bonds. The largest absolute Gasteiger partial charge is 0.460 e. The zero-order chi connectivity index (χ0) is 33.3. The number of carbonyl (C=O) groups is 2. The van der Waals surface area contributed by atoms with E-state index < -0.39 is 84.2 Å². The number of ether oxygens (including phenoxy) is 4. The van der Waals surface area contributed by atoms with Crippen LogP contribution < -0.4 is 22.8 Å². The third kappa shape index (κ3) is 6.98. The number of aromatic nitrogens is 4. The molecule has 2 aromatic heterocycles. The van der Waals surface area contributed by atoms with Crippen molar-refractivity contribution in [1.82, 2.24) is 19.1 Å². The minimum atomic E-state index is -3.79. The highest BCUT2D eigenvalue weighted by Crippen LogP contribution is 2.45. The Bertz CT molecular complexity index is 1490. The van der Waals surface area contributed by atoms with Crippen LogP contribution in [0.1, 0.15) is 40.2 Å². The van der Waals surface area contributed by atoms with E-state index in [1.807, 2.05) is 0 Å². The van der Waals surface area contributed by atoms with E-state index in [2.05, 4.69) is 9.97 Å². The quantitative estimate of drug-likeness (QED) is 0.227. The Morgan fingerprint density at radius 2 is 1.36 bits per heavy atom. The van der Waals surface area contributed by atoms with Gasteiger partial charge in [-0.25, -0.2) is 9.59 Å². The number of halogens is 4. The number of aliphatic hydroxyl groups is 2. The molecule has 2 fully saturated rings. The summed E-state index contributed by atoms with van der Waals surface area (Å²) in [4.78, 5) is 52.4. The number of hydrogen-bond acceptors (Lipinski definition) is 14. The Balaban J connectivity index is 0.000000249. The number of anilines is 2. The summed E-state index contributed by atoms with van der Waals surface area (Å²) in [5.74, 6) is -9.48. The van der Waals surface area contributed by atoms with Crippen LogP contribution in [0.4, 0.5) is 29.2 Å². The molecule has 6 N–H and O–H groups in total. The summed E-state index contributed by atoms with van der Waals surface area (Å²) >= 11 is 0. The molecule has 2 saturated heterocycles. The number of nitrogens with zero attached hydrogens (tertiary/aromatic N) is 4. The van der Waals surface area contributed by atoms with Gasteiger partial charge in [-0.05, 0) is 26.0 Å². The number of esters is 2. The van der Waals surface area contributed by atoms with E-state index in [0.29, 0.717) is 9.13 Å². The van der Waals surface area contributed by atoms with Crippen LogP contribution in [-0.4, -0.2) is 89.7 Å². The highest BCUT2D eigenvalue weighted by Gasteiger charge is 2.64. The van der Waals surface area contributed by atoms with Crippen molar-refractivity contribution in [3.8, 4) is 0 Å². The molecule has 16 nitrogen and oxygen atoms in total. The number of alkyl halides is 4. The Hall–Kier alpha value is -4.14. The van der Waals surface area contributed by atoms with Gasteiger partial charge < -0.3 is 40.6 Å². The second-order valence-electron chi connectivity index (χ2n) is 9.87. The predicted octanol–water partition coefficient (Wildman–Crippen LogP) is -0.659. The third-order valence-electron chi connectivity index (χ3n) is 6.41. The molecule has 8 atom stereocenters.